The molecule has 2 aromatic heterocycles. The molecule has 0 aliphatic heterocycles. The van der Waals surface area contributed by atoms with Crippen molar-refractivity contribution in [3.05, 3.63) is 200 Å². The summed E-state index contributed by atoms with van der Waals surface area (Å²) in [6.07, 6.45) is 0. The third-order valence-electron chi connectivity index (χ3n) is 10.9. The fourth-order valence-electron chi connectivity index (χ4n) is 8.35. The number of anilines is 3. The Bertz CT molecular complexity index is 3220. The Hall–Kier alpha value is -6.94. The Morgan fingerprint density at radius 3 is 1.96 bits per heavy atom. The fourth-order valence-corrected chi connectivity index (χ4v) is 9.58. The predicted molar refractivity (Wildman–Crippen MR) is 235 cm³/mol. The molecular formula is C52H33NOS. The summed E-state index contributed by atoms with van der Waals surface area (Å²) < 4.78 is 9.33. The molecule has 11 rings (SSSR count). The molecule has 0 aliphatic rings. The first-order chi connectivity index (χ1) is 27.3. The highest BCUT2D eigenvalue weighted by Gasteiger charge is 2.22. The Labute approximate surface area is 322 Å². The summed E-state index contributed by atoms with van der Waals surface area (Å²) in [6.45, 7) is 0. The summed E-state index contributed by atoms with van der Waals surface area (Å²) in [4.78, 5) is 2.38. The van der Waals surface area contributed by atoms with Crippen LogP contribution in [0.1, 0.15) is 0 Å². The van der Waals surface area contributed by atoms with Gasteiger partial charge in [-0.3, -0.25) is 0 Å². The van der Waals surface area contributed by atoms with Gasteiger partial charge >= 0.3 is 0 Å². The summed E-state index contributed by atoms with van der Waals surface area (Å²) in [7, 11) is 0. The highest BCUT2D eigenvalue weighted by Crippen LogP contribution is 2.48. The Kier molecular flexibility index (Phi) is 7.39. The SMILES string of the molecule is c1ccc(-c2ccc(N(c3cccc(-c4cccc5ccccc45)c3)c3cccc4c3oc3ccccc34)cc2-c2cccc3c2sc2ccccc23)cc1. The largest absolute Gasteiger partial charge is 0.454 e. The maximum atomic E-state index is 6.74. The molecule has 0 radical (unpaired) electrons. The van der Waals surface area contributed by atoms with E-state index in [1.54, 1.807) is 0 Å². The fraction of sp³-hybridized carbons (Fsp3) is 0. The number of hydrogen-bond acceptors (Lipinski definition) is 3. The van der Waals surface area contributed by atoms with Crippen molar-refractivity contribution in [3.8, 4) is 33.4 Å². The van der Waals surface area contributed by atoms with Crippen LogP contribution in [0.5, 0.6) is 0 Å². The number of rotatable bonds is 6. The van der Waals surface area contributed by atoms with Gasteiger partial charge < -0.3 is 9.32 Å². The van der Waals surface area contributed by atoms with E-state index in [-0.39, 0.29) is 0 Å². The first-order valence-electron chi connectivity index (χ1n) is 18.7. The normalized spacial score (nSPS) is 11.6. The lowest BCUT2D eigenvalue weighted by molar-refractivity contribution is 0.669. The zero-order chi connectivity index (χ0) is 36.3. The molecule has 0 bridgehead atoms. The van der Waals surface area contributed by atoms with Crippen molar-refractivity contribution in [2.24, 2.45) is 0 Å². The molecule has 55 heavy (non-hydrogen) atoms. The number of nitrogens with zero attached hydrogens (tertiary/aromatic N) is 1. The van der Waals surface area contributed by atoms with Crippen LogP contribution in [-0.2, 0) is 0 Å². The molecule has 0 atom stereocenters. The lowest BCUT2D eigenvalue weighted by Crippen LogP contribution is -2.10. The van der Waals surface area contributed by atoms with E-state index in [9.17, 15) is 0 Å². The van der Waals surface area contributed by atoms with Crippen LogP contribution in [0.3, 0.4) is 0 Å². The first kappa shape index (κ1) is 31.6. The van der Waals surface area contributed by atoms with E-state index >= 15 is 0 Å². The van der Waals surface area contributed by atoms with E-state index in [0.717, 1.165) is 44.6 Å². The highest BCUT2D eigenvalue weighted by molar-refractivity contribution is 7.26. The average Bonchev–Trinajstić information content (AvgIpc) is 3.83. The molecule has 3 heteroatoms. The number of thiophene rings is 1. The molecule has 0 N–H and O–H groups in total. The zero-order valence-electron chi connectivity index (χ0n) is 29.8. The molecule has 258 valence electrons. The molecule has 0 saturated heterocycles. The van der Waals surface area contributed by atoms with E-state index in [2.05, 4.69) is 199 Å². The van der Waals surface area contributed by atoms with Gasteiger partial charge in [-0.25, -0.2) is 0 Å². The quantitative estimate of drug-likeness (QED) is 0.170. The number of para-hydroxylation sites is 2. The molecule has 0 aliphatic carbocycles. The van der Waals surface area contributed by atoms with Gasteiger partial charge in [0.15, 0.2) is 5.58 Å². The van der Waals surface area contributed by atoms with Crippen LogP contribution in [0.4, 0.5) is 17.1 Å². The van der Waals surface area contributed by atoms with Crippen molar-refractivity contribution in [2.45, 2.75) is 0 Å². The van der Waals surface area contributed by atoms with Gasteiger partial charge in [-0.15, -0.1) is 11.3 Å². The van der Waals surface area contributed by atoms with Crippen molar-refractivity contribution in [1.29, 1.82) is 0 Å². The minimum atomic E-state index is 0.861. The van der Waals surface area contributed by atoms with Gasteiger partial charge in [0.1, 0.15) is 5.58 Å². The van der Waals surface area contributed by atoms with Gasteiger partial charge in [-0.05, 0) is 81.1 Å². The monoisotopic (exact) mass is 719 g/mol. The van der Waals surface area contributed by atoms with Crippen molar-refractivity contribution < 1.29 is 4.42 Å². The van der Waals surface area contributed by atoms with E-state index < -0.39 is 0 Å². The number of benzene rings is 9. The predicted octanol–water partition coefficient (Wildman–Crippen LogP) is 15.6. The first-order valence-corrected chi connectivity index (χ1v) is 19.5. The third-order valence-corrected chi connectivity index (χ3v) is 12.1. The summed E-state index contributed by atoms with van der Waals surface area (Å²) in [5.41, 5.74) is 12.0. The highest BCUT2D eigenvalue weighted by atomic mass is 32.1. The molecular weight excluding hydrogens is 687 g/mol. The Balaban J connectivity index is 1.19. The molecule has 2 heterocycles. The molecule has 9 aromatic carbocycles. The summed E-state index contributed by atoms with van der Waals surface area (Å²) in [5.74, 6) is 0. The minimum absolute atomic E-state index is 0.861. The summed E-state index contributed by atoms with van der Waals surface area (Å²) in [6, 6.07) is 72.2. The average molecular weight is 720 g/mol. The second-order valence-electron chi connectivity index (χ2n) is 14.0. The molecule has 2 nitrogen and oxygen atoms in total. The standard InChI is InChI=1S/C52H33NOS/c1-2-14-34(15-3-1)41-31-30-38(33-47(41)46-26-12-25-45-43-22-7-9-29-50(43)55-52(45)46)53(48-27-13-24-44-42-21-6-8-28-49(42)54-51(44)48)37-19-10-18-36(32-37)40-23-11-17-35-16-4-5-20-39(35)40/h1-33H. The Morgan fingerprint density at radius 1 is 0.382 bits per heavy atom. The van der Waals surface area contributed by atoms with Crippen molar-refractivity contribution in [1.82, 2.24) is 0 Å². The smallest absolute Gasteiger partial charge is 0.159 e. The molecule has 0 fully saturated rings. The molecule has 0 saturated carbocycles. The molecule has 0 unspecified atom stereocenters. The van der Waals surface area contributed by atoms with Crippen LogP contribution in [0.15, 0.2) is 205 Å². The van der Waals surface area contributed by atoms with E-state index in [0.29, 0.717) is 0 Å². The minimum Gasteiger partial charge on any atom is -0.454 e. The van der Waals surface area contributed by atoms with Crippen molar-refractivity contribution in [3.63, 3.8) is 0 Å². The third kappa shape index (κ3) is 5.24. The number of hydrogen-bond donors (Lipinski definition) is 0. The van der Waals surface area contributed by atoms with Crippen LogP contribution in [0.2, 0.25) is 0 Å². The van der Waals surface area contributed by atoms with Gasteiger partial charge in [0.25, 0.3) is 0 Å². The van der Waals surface area contributed by atoms with Gasteiger partial charge in [-0.2, -0.15) is 0 Å². The maximum absolute atomic E-state index is 6.74. The lowest BCUT2D eigenvalue weighted by Gasteiger charge is -2.27. The summed E-state index contributed by atoms with van der Waals surface area (Å²) in [5, 5.41) is 7.25. The van der Waals surface area contributed by atoms with Crippen LogP contribution >= 0.6 is 11.3 Å². The molecule has 11 aromatic rings. The maximum Gasteiger partial charge on any atom is 0.159 e. The van der Waals surface area contributed by atoms with E-state index in [1.807, 2.05) is 17.4 Å². The van der Waals surface area contributed by atoms with E-state index in [1.165, 1.54) is 58.8 Å². The lowest BCUT2D eigenvalue weighted by atomic mass is 9.92. The van der Waals surface area contributed by atoms with E-state index in [4.69, 9.17) is 4.42 Å². The number of fused-ring (bicyclic) bond motifs is 7. The molecule has 0 spiro atoms. The van der Waals surface area contributed by atoms with Crippen LogP contribution in [0.25, 0.3) is 86.3 Å². The van der Waals surface area contributed by atoms with Crippen LogP contribution in [-0.4, -0.2) is 0 Å². The van der Waals surface area contributed by atoms with Gasteiger partial charge in [-0.1, -0.05) is 158 Å². The topological polar surface area (TPSA) is 16.4 Å². The zero-order valence-corrected chi connectivity index (χ0v) is 30.6. The van der Waals surface area contributed by atoms with Gasteiger partial charge in [0.05, 0.1) is 5.69 Å². The van der Waals surface area contributed by atoms with Gasteiger partial charge in [0, 0.05) is 47.9 Å². The van der Waals surface area contributed by atoms with Crippen LogP contribution < -0.4 is 4.90 Å². The van der Waals surface area contributed by atoms with Crippen LogP contribution in [0, 0.1) is 0 Å². The number of furan rings is 1. The van der Waals surface area contributed by atoms with Crippen molar-refractivity contribution >= 4 is 81.3 Å². The molecule has 0 amide bonds. The second-order valence-corrected chi connectivity index (χ2v) is 15.1. The van der Waals surface area contributed by atoms with Gasteiger partial charge in [0.2, 0.25) is 0 Å². The second kappa shape index (κ2) is 12.9. The summed E-state index contributed by atoms with van der Waals surface area (Å²) >= 11 is 1.87. The Morgan fingerprint density at radius 2 is 1.04 bits per heavy atom. The van der Waals surface area contributed by atoms with Crippen molar-refractivity contribution in [2.75, 3.05) is 4.90 Å².